The lowest BCUT2D eigenvalue weighted by atomic mass is 9.91. The zero-order valence-corrected chi connectivity index (χ0v) is 18.3. The molecule has 0 bridgehead atoms. The molecule has 0 amide bonds. The maximum absolute atomic E-state index is 2.44. The summed E-state index contributed by atoms with van der Waals surface area (Å²) in [4.78, 5) is 0. The van der Waals surface area contributed by atoms with Gasteiger partial charge in [0.2, 0.25) is 0 Å². The summed E-state index contributed by atoms with van der Waals surface area (Å²) in [5, 5.41) is 3.89. The van der Waals surface area contributed by atoms with E-state index in [2.05, 4.69) is 47.2 Å². The molecule has 0 spiro atoms. The smallest absolute Gasteiger partial charge is 0.0152 e. The molecule has 3 aliphatic rings. The van der Waals surface area contributed by atoms with Crippen LogP contribution in [0.3, 0.4) is 0 Å². The first-order valence-electron chi connectivity index (χ1n) is 10.7. The minimum Gasteiger partial charge on any atom is -0.155 e. The third kappa shape index (κ3) is 6.65. The molecule has 3 fully saturated rings. The van der Waals surface area contributed by atoms with Crippen LogP contribution in [0.15, 0.2) is 0 Å². The zero-order valence-electron chi connectivity index (χ0n) is 15.9. The van der Waals surface area contributed by atoms with E-state index < -0.39 is 0 Å². The third-order valence-electron chi connectivity index (χ3n) is 6.50. The van der Waals surface area contributed by atoms with Crippen molar-refractivity contribution in [3.8, 4) is 0 Å². The lowest BCUT2D eigenvalue weighted by Gasteiger charge is -2.28. The van der Waals surface area contributed by atoms with Crippen LogP contribution in [0.25, 0.3) is 0 Å². The van der Waals surface area contributed by atoms with Crippen molar-refractivity contribution in [1.82, 2.24) is 0 Å². The van der Waals surface area contributed by atoms with Crippen molar-refractivity contribution in [1.29, 1.82) is 0 Å². The molecule has 3 rings (SSSR count). The fourth-order valence-corrected chi connectivity index (χ4v) is 9.62. The average Bonchev–Trinajstić information content (AvgIpc) is 2.82. The van der Waals surface area contributed by atoms with Crippen LogP contribution in [-0.4, -0.2) is 21.0 Å². The molecular weight excluding hydrogens is 348 g/mol. The van der Waals surface area contributed by atoms with Gasteiger partial charge >= 0.3 is 0 Å². The van der Waals surface area contributed by atoms with Crippen LogP contribution >= 0.6 is 33.3 Å². The first-order chi connectivity index (χ1) is 11.7. The summed E-state index contributed by atoms with van der Waals surface area (Å²) in [5.41, 5.74) is 0. The minimum atomic E-state index is 0.950. The van der Waals surface area contributed by atoms with E-state index in [0.29, 0.717) is 0 Å². The molecule has 0 aromatic heterocycles. The second-order valence-electron chi connectivity index (χ2n) is 8.84. The summed E-state index contributed by atoms with van der Waals surface area (Å²) in [6, 6.07) is 0. The molecule has 0 radical (unpaired) electrons. The number of thioether (sulfide) groups is 1. The van der Waals surface area contributed by atoms with Crippen molar-refractivity contribution in [3.63, 3.8) is 0 Å². The van der Waals surface area contributed by atoms with Crippen LogP contribution in [0.4, 0.5) is 0 Å². The van der Waals surface area contributed by atoms with E-state index in [9.17, 15) is 0 Å². The van der Waals surface area contributed by atoms with Gasteiger partial charge in [0, 0.05) is 21.0 Å². The van der Waals surface area contributed by atoms with E-state index >= 15 is 0 Å². The van der Waals surface area contributed by atoms with Gasteiger partial charge in [0.15, 0.2) is 0 Å². The van der Waals surface area contributed by atoms with Gasteiger partial charge in [-0.2, -0.15) is 11.8 Å². The molecule has 140 valence electrons. The normalized spacial score (nSPS) is 41.8. The molecule has 2 unspecified atom stereocenters. The summed E-state index contributed by atoms with van der Waals surface area (Å²) < 4.78 is 0. The molecule has 3 heteroatoms. The Morgan fingerprint density at radius 3 is 1.46 bits per heavy atom. The molecule has 0 nitrogen and oxygen atoms in total. The Bertz CT molecular complexity index is 343. The van der Waals surface area contributed by atoms with E-state index in [4.69, 9.17) is 0 Å². The van der Waals surface area contributed by atoms with Crippen molar-refractivity contribution in [2.75, 3.05) is 0 Å². The first-order valence-corrected chi connectivity index (χ1v) is 13.9. The van der Waals surface area contributed by atoms with Gasteiger partial charge in [-0.1, -0.05) is 41.9 Å². The SMILES string of the molecule is CC1CCC(SSC2CCCC(SC3CCC(C)CC3)CC2)CC1. The van der Waals surface area contributed by atoms with Crippen molar-refractivity contribution in [3.05, 3.63) is 0 Å². The quantitative estimate of drug-likeness (QED) is 0.347. The molecule has 0 aromatic carbocycles. The second kappa shape index (κ2) is 10.4. The van der Waals surface area contributed by atoms with Gasteiger partial charge < -0.3 is 0 Å². The Labute approximate surface area is 163 Å². The van der Waals surface area contributed by atoms with Crippen LogP contribution in [0.2, 0.25) is 0 Å². The van der Waals surface area contributed by atoms with Gasteiger partial charge in [-0.3, -0.25) is 0 Å². The molecule has 3 saturated carbocycles. The average molecular weight is 387 g/mol. The number of rotatable bonds is 5. The summed E-state index contributed by atoms with van der Waals surface area (Å²) in [6.45, 7) is 4.88. The van der Waals surface area contributed by atoms with E-state index in [-0.39, 0.29) is 0 Å². The van der Waals surface area contributed by atoms with Gasteiger partial charge in [-0.05, 0) is 88.9 Å². The summed E-state index contributed by atoms with van der Waals surface area (Å²) in [7, 11) is 4.54. The fourth-order valence-electron chi connectivity index (χ4n) is 4.59. The van der Waals surface area contributed by atoms with Crippen LogP contribution in [-0.2, 0) is 0 Å². The van der Waals surface area contributed by atoms with Crippen molar-refractivity contribution < 1.29 is 0 Å². The Kier molecular flexibility index (Phi) is 8.58. The van der Waals surface area contributed by atoms with Gasteiger partial charge in [0.1, 0.15) is 0 Å². The van der Waals surface area contributed by atoms with Crippen molar-refractivity contribution in [2.45, 2.75) is 118 Å². The molecule has 0 N–H and O–H groups in total. The lowest BCUT2D eigenvalue weighted by molar-refractivity contribution is 0.392. The highest BCUT2D eigenvalue weighted by atomic mass is 33.1. The molecule has 24 heavy (non-hydrogen) atoms. The molecular formula is C21H38S3. The lowest BCUT2D eigenvalue weighted by Crippen LogP contribution is -2.17. The molecule has 2 atom stereocenters. The highest BCUT2D eigenvalue weighted by molar-refractivity contribution is 8.77. The summed E-state index contributed by atoms with van der Waals surface area (Å²) >= 11 is 2.39. The van der Waals surface area contributed by atoms with Crippen LogP contribution in [0.1, 0.15) is 97.3 Å². The third-order valence-corrected chi connectivity index (χ3v) is 11.8. The Morgan fingerprint density at radius 2 is 0.833 bits per heavy atom. The van der Waals surface area contributed by atoms with Gasteiger partial charge in [0.25, 0.3) is 0 Å². The standard InChI is InChI=1S/C21H38S3/c1-16-6-10-19(11-7-16)22-18-4-3-5-20(15-14-18)23-24-21-12-8-17(2)9-13-21/h16-21H,3-15H2,1-2H3. The molecule has 0 saturated heterocycles. The molecule has 3 aliphatic carbocycles. The Morgan fingerprint density at radius 1 is 0.458 bits per heavy atom. The van der Waals surface area contributed by atoms with Crippen molar-refractivity contribution in [2.24, 2.45) is 11.8 Å². The van der Waals surface area contributed by atoms with Gasteiger partial charge in [-0.25, -0.2) is 0 Å². The maximum atomic E-state index is 2.44. The number of hydrogen-bond donors (Lipinski definition) is 0. The van der Waals surface area contributed by atoms with Crippen LogP contribution in [0, 0.1) is 11.8 Å². The van der Waals surface area contributed by atoms with Crippen LogP contribution < -0.4 is 0 Å². The maximum Gasteiger partial charge on any atom is 0.0152 e. The largest absolute Gasteiger partial charge is 0.155 e. The predicted octanol–water partition coefficient (Wildman–Crippen LogP) is 7.96. The van der Waals surface area contributed by atoms with E-state index in [0.717, 1.165) is 32.8 Å². The Balaban J connectivity index is 1.33. The first kappa shape index (κ1) is 19.8. The summed E-state index contributed by atoms with van der Waals surface area (Å²) in [5.74, 6) is 1.99. The second-order valence-corrected chi connectivity index (χ2v) is 13.3. The minimum absolute atomic E-state index is 0.950. The van der Waals surface area contributed by atoms with E-state index in [1.54, 1.807) is 0 Å². The predicted molar refractivity (Wildman–Crippen MR) is 116 cm³/mol. The fraction of sp³-hybridized carbons (Fsp3) is 1.00. The highest BCUT2D eigenvalue weighted by Gasteiger charge is 2.26. The van der Waals surface area contributed by atoms with E-state index in [1.165, 1.54) is 83.5 Å². The molecule has 0 aliphatic heterocycles. The highest BCUT2D eigenvalue weighted by Crippen LogP contribution is 2.45. The van der Waals surface area contributed by atoms with Crippen molar-refractivity contribution >= 4 is 33.3 Å². The molecule has 0 aromatic rings. The van der Waals surface area contributed by atoms with Gasteiger partial charge in [-0.15, -0.1) is 0 Å². The monoisotopic (exact) mass is 386 g/mol. The Hall–Kier alpha value is 1.05. The van der Waals surface area contributed by atoms with Crippen LogP contribution in [0.5, 0.6) is 0 Å². The summed E-state index contributed by atoms with van der Waals surface area (Å²) in [6.07, 6.45) is 19.3. The van der Waals surface area contributed by atoms with Gasteiger partial charge in [0.05, 0.1) is 0 Å². The number of hydrogen-bond acceptors (Lipinski definition) is 3. The van der Waals surface area contributed by atoms with E-state index in [1.807, 2.05) is 0 Å². The molecule has 0 heterocycles. The zero-order chi connectivity index (χ0) is 16.8. The topological polar surface area (TPSA) is 0 Å².